The summed E-state index contributed by atoms with van der Waals surface area (Å²) in [5.74, 6) is 0.628. The minimum absolute atomic E-state index is 0.525. The Kier molecular flexibility index (Phi) is 6.69. The molecule has 0 aromatic carbocycles. The van der Waals surface area contributed by atoms with Crippen LogP contribution in [-0.2, 0) is 11.2 Å². The van der Waals surface area contributed by atoms with E-state index in [-0.39, 0.29) is 0 Å². The second-order valence-electron chi connectivity index (χ2n) is 4.66. The summed E-state index contributed by atoms with van der Waals surface area (Å²) in [6, 6.07) is 2.72. The van der Waals surface area contributed by atoms with E-state index in [0.29, 0.717) is 12.0 Å². The highest BCUT2D eigenvalue weighted by Gasteiger charge is 2.02. The van der Waals surface area contributed by atoms with Crippen molar-refractivity contribution in [3.8, 4) is 0 Å². The summed E-state index contributed by atoms with van der Waals surface area (Å²) in [7, 11) is 0. The average Bonchev–Trinajstić information content (AvgIpc) is 2.69. The number of thiophene rings is 1. The number of nitrogens with one attached hydrogen (secondary N) is 1. The van der Waals surface area contributed by atoms with Gasteiger partial charge in [0.15, 0.2) is 0 Å². The van der Waals surface area contributed by atoms with Crippen LogP contribution in [-0.4, -0.2) is 25.8 Å². The van der Waals surface area contributed by atoms with Crippen LogP contribution in [0.2, 0.25) is 0 Å². The van der Waals surface area contributed by atoms with Crippen LogP contribution >= 0.6 is 11.3 Å². The zero-order chi connectivity index (χ0) is 11.8. The summed E-state index contributed by atoms with van der Waals surface area (Å²) in [5, 5.41) is 7.82. The van der Waals surface area contributed by atoms with E-state index in [4.69, 9.17) is 4.74 Å². The third-order valence-corrected chi connectivity index (χ3v) is 3.04. The van der Waals surface area contributed by atoms with Gasteiger partial charge in [0.2, 0.25) is 0 Å². The lowest BCUT2D eigenvalue weighted by molar-refractivity contribution is 0.110. The molecule has 0 fully saturated rings. The Morgan fingerprint density at radius 2 is 2.19 bits per heavy atom. The fraction of sp³-hybridized carbons (Fsp3) is 0.692. The van der Waals surface area contributed by atoms with E-state index in [1.54, 1.807) is 11.3 Å². The van der Waals surface area contributed by atoms with Gasteiger partial charge in [0, 0.05) is 19.2 Å². The molecule has 92 valence electrons. The van der Waals surface area contributed by atoms with Gasteiger partial charge in [0.05, 0.1) is 6.61 Å². The molecule has 1 aromatic heterocycles. The molecule has 0 amide bonds. The molecule has 1 unspecified atom stereocenters. The van der Waals surface area contributed by atoms with Gasteiger partial charge in [-0.3, -0.25) is 0 Å². The molecule has 0 aliphatic heterocycles. The molecule has 0 saturated heterocycles. The predicted octanol–water partition coefficient (Wildman–Crippen LogP) is 2.94. The Balaban J connectivity index is 2.00. The van der Waals surface area contributed by atoms with E-state index in [9.17, 15) is 0 Å². The Hall–Kier alpha value is -0.380. The fourth-order valence-corrected chi connectivity index (χ4v) is 2.21. The molecule has 1 N–H and O–H groups in total. The molecular weight excluding hydrogens is 218 g/mol. The summed E-state index contributed by atoms with van der Waals surface area (Å²) in [4.78, 5) is 0. The molecular formula is C13H23NOS. The summed E-state index contributed by atoms with van der Waals surface area (Å²) in [6.07, 6.45) is 1.10. The van der Waals surface area contributed by atoms with Crippen LogP contribution in [0.15, 0.2) is 16.8 Å². The number of hydrogen-bond acceptors (Lipinski definition) is 3. The van der Waals surface area contributed by atoms with Gasteiger partial charge in [-0.15, -0.1) is 0 Å². The number of rotatable bonds is 8. The van der Waals surface area contributed by atoms with E-state index >= 15 is 0 Å². The summed E-state index contributed by atoms with van der Waals surface area (Å²) >= 11 is 1.76. The highest BCUT2D eigenvalue weighted by molar-refractivity contribution is 7.07. The van der Waals surface area contributed by atoms with Crippen molar-refractivity contribution in [3.63, 3.8) is 0 Å². The van der Waals surface area contributed by atoms with Crippen LogP contribution < -0.4 is 5.32 Å². The largest absolute Gasteiger partial charge is 0.380 e. The van der Waals surface area contributed by atoms with E-state index in [1.807, 2.05) is 0 Å². The van der Waals surface area contributed by atoms with E-state index in [2.05, 4.69) is 42.9 Å². The smallest absolute Gasteiger partial charge is 0.0591 e. The molecule has 2 nitrogen and oxygen atoms in total. The van der Waals surface area contributed by atoms with E-state index in [1.165, 1.54) is 5.56 Å². The van der Waals surface area contributed by atoms with Crippen molar-refractivity contribution in [2.75, 3.05) is 19.8 Å². The van der Waals surface area contributed by atoms with Crippen molar-refractivity contribution in [2.45, 2.75) is 33.2 Å². The van der Waals surface area contributed by atoms with E-state index in [0.717, 1.165) is 26.2 Å². The zero-order valence-electron chi connectivity index (χ0n) is 10.5. The SMILES string of the molecule is CC(C)COCCNC(C)Cc1ccsc1. The molecule has 1 rings (SSSR count). The Morgan fingerprint density at radius 1 is 1.38 bits per heavy atom. The Bertz CT molecular complexity index is 259. The maximum Gasteiger partial charge on any atom is 0.0591 e. The highest BCUT2D eigenvalue weighted by Crippen LogP contribution is 2.08. The van der Waals surface area contributed by atoms with Gasteiger partial charge in [0.25, 0.3) is 0 Å². The summed E-state index contributed by atoms with van der Waals surface area (Å²) in [6.45, 7) is 9.18. The lowest BCUT2D eigenvalue weighted by Crippen LogP contribution is -2.31. The van der Waals surface area contributed by atoms with Crippen molar-refractivity contribution in [2.24, 2.45) is 5.92 Å². The third-order valence-electron chi connectivity index (χ3n) is 2.31. The molecule has 0 radical (unpaired) electrons. The zero-order valence-corrected chi connectivity index (χ0v) is 11.3. The van der Waals surface area contributed by atoms with Crippen molar-refractivity contribution in [1.82, 2.24) is 5.32 Å². The molecule has 1 heterocycles. The second kappa shape index (κ2) is 7.82. The molecule has 0 aliphatic rings. The van der Waals surface area contributed by atoms with Crippen LogP contribution in [0.4, 0.5) is 0 Å². The molecule has 1 atom stereocenters. The van der Waals surface area contributed by atoms with Gasteiger partial charge in [-0.2, -0.15) is 11.3 Å². The lowest BCUT2D eigenvalue weighted by Gasteiger charge is -2.13. The van der Waals surface area contributed by atoms with Gasteiger partial charge in [-0.05, 0) is 41.7 Å². The van der Waals surface area contributed by atoms with Gasteiger partial charge < -0.3 is 10.1 Å². The first-order valence-electron chi connectivity index (χ1n) is 6.00. The first-order valence-corrected chi connectivity index (χ1v) is 6.95. The molecule has 0 bridgehead atoms. The van der Waals surface area contributed by atoms with Crippen LogP contribution in [0.5, 0.6) is 0 Å². The van der Waals surface area contributed by atoms with Crippen molar-refractivity contribution < 1.29 is 4.74 Å². The Labute approximate surface area is 103 Å². The first kappa shape index (κ1) is 13.7. The molecule has 3 heteroatoms. The number of ether oxygens (including phenoxy) is 1. The monoisotopic (exact) mass is 241 g/mol. The van der Waals surface area contributed by atoms with Crippen molar-refractivity contribution >= 4 is 11.3 Å². The van der Waals surface area contributed by atoms with Crippen LogP contribution in [0.1, 0.15) is 26.3 Å². The third kappa shape index (κ3) is 6.26. The minimum atomic E-state index is 0.525. The fourth-order valence-electron chi connectivity index (χ4n) is 1.53. The highest BCUT2D eigenvalue weighted by atomic mass is 32.1. The minimum Gasteiger partial charge on any atom is -0.380 e. The molecule has 0 spiro atoms. The maximum absolute atomic E-state index is 5.52. The normalized spacial score (nSPS) is 13.2. The molecule has 16 heavy (non-hydrogen) atoms. The van der Waals surface area contributed by atoms with Gasteiger partial charge in [0.1, 0.15) is 0 Å². The topological polar surface area (TPSA) is 21.3 Å². The number of hydrogen-bond donors (Lipinski definition) is 1. The second-order valence-corrected chi connectivity index (χ2v) is 5.44. The van der Waals surface area contributed by atoms with E-state index < -0.39 is 0 Å². The standard InChI is InChI=1S/C13H23NOS/c1-11(2)9-15-6-5-14-12(3)8-13-4-7-16-10-13/h4,7,10-12,14H,5-6,8-9H2,1-3H3. The maximum atomic E-state index is 5.52. The Morgan fingerprint density at radius 3 is 2.81 bits per heavy atom. The lowest BCUT2D eigenvalue weighted by atomic mass is 10.1. The van der Waals surface area contributed by atoms with Crippen LogP contribution in [0, 0.1) is 5.92 Å². The van der Waals surface area contributed by atoms with Gasteiger partial charge >= 0.3 is 0 Å². The van der Waals surface area contributed by atoms with Crippen molar-refractivity contribution in [3.05, 3.63) is 22.4 Å². The molecule has 0 saturated carbocycles. The van der Waals surface area contributed by atoms with Crippen LogP contribution in [0.3, 0.4) is 0 Å². The average molecular weight is 241 g/mol. The molecule has 1 aromatic rings. The quantitative estimate of drug-likeness (QED) is 0.707. The summed E-state index contributed by atoms with van der Waals surface area (Å²) in [5.41, 5.74) is 1.42. The van der Waals surface area contributed by atoms with Gasteiger partial charge in [-0.25, -0.2) is 0 Å². The summed E-state index contributed by atoms with van der Waals surface area (Å²) < 4.78 is 5.52. The predicted molar refractivity (Wildman–Crippen MR) is 71.1 cm³/mol. The first-order chi connectivity index (χ1) is 7.68. The van der Waals surface area contributed by atoms with Crippen LogP contribution in [0.25, 0.3) is 0 Å². The molecule has 0 aliphatic carbocycles. The van der Waals surface area contributed by atoms with Crippen molar-refractivity contribution in [1.29, 1.82) is 0 Å². The van der Waals surface area contributed by atoms with Gasteiger partial charge in [-0.1, -0.05) is 13.8 Å².